The van der Waals surface area contributed by atoms with E-state index in [-0.39, 0.29) is 17.1 Å². The fraction of sp³-hybridized carbons (Fsp3) is 0.174. The first kappa shape index (κ1) is 23.9. The zero-order chi connectivity index (χ0) is 23.1. The highest BCUT2D eigenvalue weighted by molar-refractivity contribution is 7.92. The number of benzene rings is 3. The molecular weight excluding hydrogens is 471 g/mol. The molecule has 0 aliphatic heterocycles. The third-order valence-electron chi connectivity index (χ3n) is 4.56. The Hall–Kier alpha value is -2.74. The van der Waals surface area contributed by atoms with Gasteiger partial charge in [-0.1, -0.05) is 53.5 Å². The number of carbonyl (C=O) groups excluding carboxylic acids is 1. The molecule has 0 radical (unpaired) electrons. The molecule has 3 aromatic rings. The molecule has 0 spiro atoms. The molecule has 3 aromatic carbocycles. The summed E-state index contributed by atoms with van der Waals surface area (Å²) >= 11 is 12.1. The van der Waals surface area contributed by atoms with Crippen LogP contribution in [0.1, 0.15) is 12.5 Å². The largest absolute Gasteiger partial charge is 0.492 e. The highest BCUT2D eigenvalue weighted by Crippen LogP contribution is 2.32. The van der Waals surface area contributed by atoms with E-state index in [4.69, 9.17) is 27.9 Å². The number of amides is 1. The van der Waals surface area contributed by atoms with Crippen molar-refractivity contribution in [2.45, 2.75) is 18.4 Å². The summed E-state index contributed by atoms with van der Waals surface area (Å²) in [5.74, 6) is -0.139. The molecule has 0 heterocycles. The second kappa shape index (κ2) is 10.7. The van der Waals surface area contributed by atoms with Crippen LogP contribution < -0.4 is 14.4 Å². The minimum atomic E-state index is -4.09. The van der Waals surface area contributed by atoms with Crippen molar-refractivity contribution in [2.75, 3.05) is 17.5 Å². The van der Waals surface area contributed by atoms with Crippen molar-refractivity contribution < 1.29 is 17.9 Å². The molecule has 0 aliphatic rings. The second-order valence-electron chi connectivity index (χ2n) is 6.73. The predicted molar refractivity (Wildman–Crippen MR) is 127 cm³/mol. The standard InChI is InChI=1S/C23H22Cl2N2O4S/c1-2-31-22-10-6-5-9-21(22)27(32(29,30)19-13-11-18(24)12-14-19)16-23(28)26-15-17-7-3-4-8-20(17)25/h3-14H,2,15-16H2,1H3,(H,26,28). The van der Waals surface area contributed by atoms with E-state index in [1.807, 2.05) is 6.07 Å². The number of ether oxygens (including phenoxy) is 1. The van der Waals surface area contributed by atoms with Gasteiger partial charge in [-0.3, -0.25) is 9.10 Å². The predicted octanol–water partition coefficient (Wildman–Crippen LogP) is 4.90. The van der Waals surface area contributed by atoms with E-state index < -0.39 is 22.5 Å². The van der Waals surface area contributed by atoms with Crippen molar-refractivity contribution in [3.8, 4) is 5.75 Å². The molecular formula is C23H22Cl2N2O4S. The number of sulfonamides is 1. The number of anilines is 1. The van der Waals surface area contributed by atoms with Gasteiger partial charge in [-0.2, -0.15) is 0 Å². The summed E-state index contributed by atoms with van der Waals surface area (Å²) in [6.07, 6.45) is 0. The van der Waals surface area contributed by atoms with Gasteiger partial charge in [0.25, 0.3) is 10.0 Å². The number of hydrogen-bond donors (Lipinski definition) is 1. The van der Waals surface area contributed by atoms with Crippen molar-refractivity contribution in [2.24, 2.45) is 0 Å². The molecule has 3 rings (SSSR count). The maximum Gasteiger partial charge on any atom is 0.264 e. The van der Waals surface area contributed by atoms with Gasteiger partial charge in [0, 0.05) is 16.6 Å². The Kier molecular flexibility index (Phi) is 8.01. The van der Waals surface area contributed by atoms with E-state index in [1.165, 1.54) is 24.3 Å². The fourth-order valence-corrected chi connectivity index (χ4v) is 4.76. The van der Waals surface area contributed by atoms with Crippen LogP contribution in [0.15, 0.2) is 77.7 Å². The third-order valence-corrected chi connectivity index (χ3v) is 6.95. The lowest BCUT2D eigenvalue weighted by atomic mass is 10.2. The number of carbonyl (C=O) groups is 1. The number of rotatable bonds is 9. The van der Waals surface area contributed by atoms with Gasteiger partial charge in [0.15, 0.2) is 0 Å². The first-order valence-corrected chi connectivity index (χ1v) is 12.0. The van der Waals surface area contributed by atoms with E-state index in [9.17, 15) is 13.2 Å². The van der Waals surface area contributed by atoms with E-state index in [2.05, 4.69) is 5.32 Å². The van der Waals surface area contributed by atoms with Gasteiger partial charge in [-0.25, -0.2) is 8.42 Å². The summed E-state index contributed by atoms with van der Waals surface area (Å²) < 4.78 is 33.6. The van der Waals surface area contributed by atoms with Crippen molar-refractivity contribution in [1.82, 2.24) is 5.32 Å². The van der Waals surface area contributed by atoms with Gasteiger partial charge in [0.2, 0.25) is 5.91 Å². The van der Waals surface area contributed by atoms with Gasteiger partial charge in [0.05, 0.1) is 17.2 Å². The minimum Gasteiger partial charge on any atom is -0.492 e. The van der Waals surface area contributed by atoms with Crippen LogP contribution in [0.3, 0.4) is 0 Å². The maximum absolute atomic E-state index is 13.5. The van der Waals surface area contributed by atoms with Gasteiger partial charge in [-0.05, 0) is 55.0 Å². The SMILES string of the molecule is CCOc1ccccc1N(CC(=O)NCc1ccccc1Cl)S(=O)(=O)c1ccc(Cl)cc1. The summed E-state index contributed by atoms with van der Waals surface area (Å²) in [6, 6.07) is 19.5. The summed E-state index contributed by atoms with van der Waals surface area (Å²) in [4.78, 5) is 12.8. The number of hydrogen-bond acceptors (Lipinski definition) is 4. The molecule has 1 amide bonds. The molecule has 0 fully saturated rings. The highest BCUT2D eigenvalue weighted by Gasteiger charge is 2.29. The molecule has 0 saturated heterocycles. The monoisotopic (exact) mass is 492 g/mol. The van der Waals surface area contributed by atoms with Crippen LogP contribution in [0.2, 0.25) is 10.0 Å². The zero-order valence-corrected chi connectivity index (χ0v) is 19.6. The van der Waals surface area contributed by atoms with Gasteiger partial charge in [0.1, 0.15) is 12.3 Å². The summed E-state index contributed by atoms with van der Waals surface area (Å²) in [5, 5.41) is 3.65. The molecule has 1 N–H and O–H groups in total. The average Bonchev–Trinajstić information content (AvgIpc) is 2.78. The molecule has 32 heavy (non-hydrogen) atoms. The number of halogens is 2. The van der Waals surface area contributed by atoms with Crippen molar-refractivity contribution in [1.29, 1.82) is 0 Å². The Labute approximate surface area is 197 Å². The van der Waals surface area contributed by atoms with Crippen LogP contribution in [0, 0.1) is 0 Å². The lowest BCUT2D eigenvalue weighted by Gasteiger charge is -2.26. The summed E-state index contributed by atoms with van der Waals surface area (Å²) in [6.45, 7) is 1.86. The average molecular weight is 493 g/mol. The molecule has 6 nitrogen and oxygen atoms in total. The minimum absolute atomic E-state index is 0.00658. The summed E-state index contributed by atoms with van der Waals surface area (Å²) in [5.41, 5.74) is 0.988. The molecule has 0 unspecified atom stereocenters. The van der Waals surface area contributed by atoms with Crippen LogP contribution in [0.4, 0.5) is 5.69 Å². The van der Waals surface area contributed by atoms with E-state index in [0.29, 0.717) is 22.4 Å². The quantitative estimate of drug-likeness (QED) is 0.460. The molecule has 0 aromatic heterocycles. The Morgan fingerprint density at radius 2 is 1.62 bits per heavy atom. The van der Waals surface area contributed by atoms with E-state index in [1.54, 1.807) is 49.4 Å². The number of nitrogens with zero attached hydrogens (tertiary/aromatic N) is 1. The van der Waals surface area contributed by atoms with Crippen molar-refractivity contribution in [3.63, 3.8) is 0 Å². The first-order chi connectivity index (χ1) is 15.3. The highest BCUT2D eigenvalue weighted by atomic mass is 35.5. The van der Waals surface area contributed by atoms with Crippen LogP contribution in [-0.4, -0.2) is 27.5 Å². The smallest absolute Gasteiger partial charge is 0.264 e. The molecule has 0 bridgehead atoms. The van der Waals surface area contributed by atoms with Crippen LogP contribution in [0.25, 0.3) is 0 Å². The zero-order valence-electron chi connectivity index (χ0n) is 17.3. The molecule has 0 aliphatic carbocycles. The van der Waals surface area contributed by atoms with E-state index in [0.717, 1.165) is 9.87 Å². The lowest BCUT2D eigenvalue weighted by molar-refractivity contribution is -0.119. The van der Waals surface area contributed by atoms with Crippen LogP contribution in [-0.2, 0) is 21.4 Å². The molecule has 168 valence electrons. The molecule has 9 heteroatoms. The van der Waals surface area contributed by atoms with Crippen LogP contribution in [0.5, 0.6) is 5.75 Å². The Balaban J connectivity index is 1.93. The first-order valence-electron chi connectivity index (χ1n) is 9.83. The fourth-order valence-electron chi connectivity index (χ4n) is 3.00. The topological polar surface area (TPSA) is 75.7 Å². The third kappa shape index (κ3) is 5.73. The maximum atomic E-state index is 13.5. The van der Waals surface area contributed by atoms with E-state index >= 15 is 0 Å². The Morgan fingerprint density at radius 1 is 0.969 bits per heavy atom. The van der Waals surface area contributed by atoms with Crippen molar-refractivity contribution in [3.05, 3.63) is 88.4 Å². The second-order valence-corrected chi connectivity index (χ2v) is 9.44. The normalized spacial score (nSPS) is 11.1. The molecule has 0 atom stereocenters. The van der Waals surface area contributed by atoms with Crippen LogP contribution >= 0.6 is 23.2 Å². The van der Waals surface area contributed by atoms with Gasteiger partial charge >= 0.3 is 0 Å². The Morgan fingerprint density at radius 3 is 2.31 bits per heavy atom. The van der Waals surface area contributed by atoms with Crippen molar-refractivity contribution >= 4 is 44.8 Å². The van der Waals surface area contributed by atoms with Gasteiger partial charge < -0.3 is 10.1 Å². The lowest BCUT2D eigenvalue weighted by Crippen LogP contribution is -2.41. The summed E-state index contributed by atoms with van der Waals surface area (Å²) in [7, 11) is -4.09. The Bertz CT molecular complexity index is 1180. The number of para-hydroxylation sites is 2. The number of nitrogens with one attached hydrogen (secondary N) is 1. The molecule has 0 saturated carbocycles. The van der Waals surface area contributed by atoms with Gasteiger partial charge in [-0.15, -0.1) is 0 Å².